The van der Waals surface area contributed by atoms with Crippen LogP contribution in [0.1, 0.15) is 21.7 Å². The fourth-order valence-corrected chi connectivity index (χ4v) is 5.17. The molecule has 0 saturated carbocycles. The number of sulfone groups is 1. The van der Waals surface area contributed by atoms with Gasteiger partial charge < -0.3 is 5.32 Å². The molecular formula is C20H19NO3S2. The zero-order valence-corrected chi connectivity index (χ0v) is 15.7. The molecule has 134 valence electrons. The van der Waals surface area contributed by atoms with E-state index in [2.05, 4.69) is 17.4 Å². The van der Waals surface area contributed by atoms with Gasteiger partial charge in [-0.25, -0.2) is 8.42 Å². The van der Waals surface area contributed by atoms with E-state index in [4.69, 9.17) is 0 Å². The molecule has 3 aromatic rings. The van der Waals surface area contributed by atoms with Gasteiger partial charge in [-0.15, -0.1) is 11.3 Å². The van der Waals surface area contributed by atoms with E-state index in [0.29, 0.717) is 11.4 Å². The maximum absolute atomic E-state index is 12.6. The lowest BCUT2D eigenvalue weighted by molar-refractivity contribution is 0.0957. The number of carbonyl (C=O) groups excluding carboxylic acids is 1. The Kier molecular flexibility index (Phi) is 5.85. The van der Waals surface area contributed by atoms with Gasteiger partial charge in [0.25, 0.3) is 5.91 Å². The van der Waals surface area contributed by atoms with Crippen molar-refractivity contribution in [1.29, 1.82) is 0 Å². The second-order valence-electron chi connectivity index (χ2n) is 5.78. The number of amides is 1. The van der Waals surface area contributed by atoms with E-state index in [1.165, 1.54) is 11.6 Å². The lowest BCUT2D eigenvalue weighted by Crippen LogP contribution is -2.23. The van der Waals surface area contributed by atoms with Gasteiger partial charge in [0.2, 0.25) is 9.84 Å². The summed E-state index contributed by atoms with van der Waals surface area (Å²) >= 11 is 0.997. The standard InChI is InChI=1S/C20H19NO3S2/c22-20(21-15-7-10-16-8-3-1-4-9-16)18-13-14-19(25-18)26(23,24)17-11-5-2-6-12-17/h1-6,8-9,11-14H,7,10,15H2,(H,21,22). The molecule has 1 heterocycles. The Morgan fingerprint density at radius 2 is 1.54 bits per heavy atom. The number of hydrogen-bond acceptors (Lipinski definition) is 4. The highest BCUT2D eigenvalue weighted by molar-refractivity contribution is 7.93. The third-order valence-electron chi connectivity index (χ3n) is 3.89. The van der Waals surface area contributed by atoms with E-state index >= 15 is 0 Å². The zero-order chi connectivity index (χ0) is 18.4. The summed E-state index contributed by atoms with van der Waals surface area (Å²) in [6.07, 6.45) is 1.72. The highest BCUT2D eigenvalue weighted by Gasteiger charge is 2.21. The fraction of sp³-hybridized carbons (Fsp3) is 0.150. The van der Waals surface area contributed by atoms with Gasteiger partial charge in [-0.3, -0.25) is 4.79 Å². The van der Waals surface area contributed by atoms with Crippen LogP contribution < -0.4 is 5.32 Å². The first-order valence-corrected chi connectivity index (χ1v) is 10.6. The van der Waals surface area contributed by atoms with Crippen LogP contribution in [-0.4, -0.2) is 20.9 Å². The number of thiophene rings is 1. The Labute approximate surface area is 157 Å². The SMILES string of the molecule is O=C(NCCCc1ccccc1)c1ccc(S(=O)(=O)c2ccccc2)s1. The third-order valence-corrected chi connectivity index (χ3v) is 7.24. The summed E-state index contributed by atoms with van der Waals surface area (Å²) < 4.78 is 25.3. The van der Waals surface area contributed by atoms with Gasteiger partial charge in [0.15, 0.2) is 0 Å². The van der Waals surface area contributed by atoms with Crippen LogP contribution >= 0.6 is 11.3 Å². The highest BCUT2D eigenvalue weighted by atomic mass is 32.2. The van der Waals surface area contributed by atoms with Crippen molar-refractivity contribution < 1.29 is 13.2 Å². The molecule has 0 aliphatic heterocycles. The van der Waals surface area contributed by atoms with E-state index in [-0.39, 0.29) is 15.0 Å². The van der Waals surface area contributed by atoms with Crippen molar-refractivity contribution in [3.8, 4) is 0 Å². The highest BCUT2D eigenvalue weighted by Crippen LogP contribution is 2.27. The Bertz CT molecular complexity index is 965. The molecule has 0 saturated heterocycles. The number of nitrogens with one attached hydrogen (secondary N) is 1. The van der Waals surface area contributed by atoms with Crippen LogP contribution in [-0.2, 0) is 16.3 Å². The van der Waals surface area contributed by atoms with E-state index in [9.17, 15) is 13.2 Å². The number of aryl methyl sites for hydroxylation is 1. The van der Waals surface area contributed by atoms with E-state index in [0.717, 1.165) is 24.2 Å². The van der Waals surface area contributed by atoms with Gasteiger partial charge in [0, 0.05) is 6.54 Å². The molecule has 1 amide bonds. The molecule has 0 fully saturated rings. The average Bonchev–Trinajstić information content (AvgIpc) is 3.18. The van der Waals surface area contributed by atoms with Crippen molar-refractivity contribution >= 4 is 27.1 Å². The first-order valence-electron chi connectivity index (χ1n) is 8.29. The molecule has 2 aromatic carbocycles. The summed E-state index contributed by atoms with van der Waals surface area (Å²) in [7, 11) is -3.57. The van der Waals surface area contributed by atoms with E-state index in [1.54, 1.807) is 36.4 Å². The molecular weight excluding hydrogens is 366 g/mol. The molecule has 1 N–H and O–H groups in total. The van der Waals surface area contributed by atoms with Crippen LogP contribution in [0.2, 0.25) is 0 Å². The van der Waals surface area contributed by atoms with Crippen LogP contribution in [0.3, 0.4) is 0 Å². The number of hydrogen-bond donors (Lipinski definition) is 1. The summed E-state index contributed by atoms with van der Waals surface area (Å²) in [6, 6.07) is 21.4. The number of carbonyl (C=O) groups is 1. The normalized spacial score (nSPS) is 11.2. The van der Waals surface area contributed by atoms with Crippen LogP contribution in [0.4, 0.5) is 0 Å². The minimum atomic E-state index is -3.57. The summed E-state index contributed by atoms with van der Waals surface area (Å²) in [6.45, 7) is 0.548. The molecule has 0 atom stereocenters. The van der Waals surface area contributed by atoms with Crippen molar-refractivity contribution in [2.45, 2.75) is 21.9 Å². The molecule has 26 heavy (non-hydrogen) atoms. The quantitative estimate of drug-likeness (QED) is 0.627. The number of benzene rings is 2. The average molecular weight is 386 g/mol. The van der Waals surface area contributed by atoms with E-state index in [1.807, 2.05) is 18.2 Å². The molecule has 0 unspecified atom stereocenters. The monoisotopic (exact) mass is 385 g/mol. The summed E-state index contributed by atoms with van der Waals surface area (Å²) in [5, 5.41) is 2.85. The third kappa shape index (κ3) is 4.39. The smallest absolute Gasteiger partial charge is 0.261 e. The van der Waals surface area contributed by atoms with Crippen LogP contribution in [0.5, 0.6) is 0 Å². The van der Waals surface area contributed by atoms with Gasteiger partial charge in [-0.2, -0.15) is 0 Å². The predicted molar refractivity (Wildman–Crippen MR) is 103 cm³/mol. The predicted octanol–water partition coefficient (Wildman–Crippen LogP) is 3.94. The first-order chi connectivity index (χ1) is 12.6. The van der Waals surface area contributed by atoms with Crippen molar-refractivity contribution in [2.24, 2.45) is 0 Å². The minimum Gasteiger partial charge on any atom is -0.351 e. The second-order valence-corrected chi connectivity index (χ2v) is 9.04. The maximum Gasteiger partial charge on any atom is 0.261 e. The van der Waals surface area contributed by atoms with Crippen molar-refractivity contribution in [2.75, 3.05) is 6.54 Å². The molecule has 0 radical (unpaired) electrons. The topological polar surface area (TPSA) is 63.2 Å². The summed E-state index contributed by atoms with van der Waals surface area (Å²) in [5.74, 6) is -0.238. The minimum absolute atomic E-state index is 0.179. The fourth-order valence-electron chi connectivity index (χ4n) is 2.53. The lowest BCUT2D eigenvalue weighted by atomic mass is 10.1. The van der Waals surface area contributed by atoms with Gasteiger partial charge in [-0.1, -0.05) is 48.5 Å². The first kappa shape index (κ1) is 18.4. The van der Waals surface area contributed by atoms with Crippen LogP contribution in [0, 0.1) is 0 Å². The molecule has 0 aliphatic rings. The van der Waals surface area contributed by atoms with Crippen LogP contribution in [0.25, 0.3) is 0 Å². The second kappa shape index (κ2) is 8.29. The summed E-state index contributed by atoms with van der Waals surface area (Å²) in [5.41, 5.74) is 1.23. The molecule has 4 nitrogen and oxygen atoms in total. The lowest BCUT2D eigenvalue weighted by Gasteiger charge is -2.04. The molecule has 6 heteroatoms. The molecule has 0 aliphatic carbocycles. The van der Waals surface area contributed by atoms with Crippen molar-refractivity contribution in [3.63, 3.8) is 0 Å². The summed E-state index contributed by atoms with van der Waals surface area (Å²) in [4.78, 5) is 12.9. The molecule has 0 bridgehead atoms. The Hall–Kier alpha value is -2.44. The van der Waals surface area contributed by atoms with Crippen molar-refractivity contribution in [3.05, 3.63) is 83.2 Å². The van der Waals surface area contributed by atoms with Gasteiger partial charge >= 0.3 is 0 Å². The Morgan fingerprint density at radius 3 is 2.23 bits per heavy atom. The van der Waals surface area contributed by atoms with Crippen molar-refractivity contribution in [1.82, 2.24) is 5.32 Å². The molecule has 3 rings (SSSR count). The Morgan fingerprint density at radius 1 is 0.885 bits per heavy atom. The molecule has 1 aromatic heterocycles. The maximum atomic E-state index is 12.6. The van der Waals surface area contributed by atoms with E-state index < -0.39 is 9.84 Å². The molecule has 0 spiro atoms. The van der Waals surface area contributed by atoms with Gasteiger partial charge in [0.1, 0.15) is 4.21 Å². The zero-order valence-electron chi connectivity index (χ0n) is 14.1. The number of rotatable bonds is 7. The Balaban J connectivity index is 1.58. The largest absolute Gasteiger partial charge is 0.351 e. The van der Waals surface area contributed by atoms with Gasteiger partial charge in [-0.05, 0) is 42.7 Å². The van der Waals surface area contributed by atoms with Gasteiger partial charge in [0.05, 0.1) is 9.77 Å². The van der Waals surface area contributed by atoms with Crippen LogP contribution in [0.15, 0.2) is 81.9 Å².